The summed E-state index contributed by atoms with van der Waals surface area (Å²) in [7, 11) is 0. The Kier molecular flexibility index (Phi) is 4.19. The lowest BCUT2D eigenvalue weighted by molar-refractivity contribution is -0.119. The Hall–Kier alpha value is -1.74. The lowest BCUT2D eigenvalue weighted by Crippen LogP contribution is -2.47. The second-order valence-electron chi connectivity index (χ2n) is 5.15. The fraction of sp³-hybridized carbons (Fsp3) is 0.429. The lowest BCUT2D eigenvalue weighted by Gasteiger charge is -2.22. The molecule has 0 bridgehead atoms. The summed E-state index contributed by atoms with van der Waals surface area (Å²) >= 11 is 1.20. The molecule has 0 aromatic heterocycles. The van der Waals surface area contributed by atoms with E-state index < -0.39 is 11.4 Å². The molecule has 0 radical (unpaired) electrons. The zero-order valence-corrected chi connectivity index (χ0v) is 12.0. The minimum absolute atomic E-state index is 0.132. The first-order chi connectivity index (χ1) is 9.43. The topological polar surface area (TPSA) is 78.9 Å². The predicted octanol–water partition coefficient (Wildman–Crippen LogP) is 2.31. The maximum atomic E-state index is 13.2. The van der Waals surface area contributed by atoms with Gasteiger partial charge in [0.1, 0.15) is 11.4 Å². The van der Waals surface area contributed by atoms with Crippen molar-refractivity contribution in [3.63, 3.8) is 0 Å². The number of anilines is 1. The van der Waals surface area contributed by atoms with Crippen molar-refractivity contribution < 1.29 is 9.18 Å². The SMILES string of the molecule is CC(C#N)(NC(=O)CSc1cc(N)cc(F)c1)C1CC1. The van der Waals surface area contributed by atoms with Gasteiger partial charge in [-0.3, -0.25) is 4.79 Å². The van der Waals surface area contributed by atoms with Gasteiger partial charge in [0, 0.05) is 10.6 Å². The van der Waals surface area contributed by atoms with E-state index in [4.69, 9.17) is 11.0 Å². The number of thioether (sulfide) groups is 1. The summed E-state index contributed by atoms with van der Waals surface area (Å²) in [6.07, 6.45) is 1.94. The van der Waals surface area contributed by atoms with Crippen molar-refractivity contribution in [2.24, 2.45) is 5.92 Å². The third-order valence-corrected chi connectivity index (χ3v) is 4.26. The number of benzene rings is 1. The van der Waals surface area contributed by atoms with Crippen LogP contribution >= 0.6 is 11.8 Å². The van der Waals surface area contributed by atoms with E-state index in [1.165, 1.54) is 23.9 Å². The van der Waals surface area contributed by atoms with Crippen LogP contribution in [-0.2, 0) is 4.79 Å². The summed E-state index contributed by atoms with van der Waals surface area (Å²) in [4.78, 5) is 12.5. The molecule has 1 fully saturated rings. The largest absolute Gasteiger partial charge is 0.399 e. The molecule has 1 aromatic rings. The number of nitrogens with two attached hydrogens (primary N) is 1. The van der Waals surface area contributed by atoms with Crippen LogP contribution in [0.3, 0.4) is 0 Å². The van der Waals surface area contributed by atoms with E-state index in [0.29, 0.717) is 10.6 Å². The molecule has 1 aliphatic carbocycles. The Morgan fingerprint density at radius 1 is 1.60 bits per heavy atom. The van der Waals surface area contributed by atoms with E-state index in [1.807, 2.05) is 0 Å². The fourth-order valence-electron chi connectivity index (χ4n) is 2.02. The molecule has 4 nitrogen and oxygen atoms in total. The van der Waals surface area contributed by atoms with E-state index in [0.717, 1.165) is 12.8 Å². The Balaban J connectivity index is 1.90. The van der Waals surface area contributed by atoms with Crippen molar-refractivity contribution in [3.05, 3.63) is 24.0 Å². The van der Waals surface area contributed by atoms with Crippen molar-refractivity contribution in [1.29, 1.82) is 5.26 Å². The van der Waals surface area contributed by atoms with E-state index in [9.17, 15) is 9.18 Å². The molecule has 1 amide bonds. The van der Waals surface area contributed by atoms with Crippen molar-refractivity contribution in [2.75, 3.05) is 11.5 Å². The number of nitrogen functional groups attached to an aromatic ring is 1. The summed E-state index contributed by atoms with van der Waals surface area (Å²) in [6, 6.07) is 6.34. The van der Waals surface area contributed by atoms with Gasteiger partial charge in [-0.1, -0.05) is 0 Å². The average molecular weight is 293 g/mol. The maximum absolute atomic E-state index is 13.2. The number of carbonyl (C=O) groups excluding carboxylic acids is 1. The normalized spacial score (nSPS) is 17.1. The molecule has 1 atom stereocenters. The van der Waals surface area contributed by atoms with Crippen LogP contribution in [0.15, 0.2) is 23.1 Å². The van der Waals surface area contributed by atoms with Gasteiger partial charge in [0.25, 0.3) is 0 Å². The van der Waals surface area contributed by atoms with E-state index in [1.54, 1.807) is 13.0 Å². The number of halogens is 1. The lowest BCUT2D eigenvalue weighted by atomic mass is 9.98. The quantitative estimate of drug-likeness (QED) is 0.645. The van der Waals surface area contributed by atoms with Gasteiger partial charge in [-0.15, -0.1) is 11.8 Å². The summed E-state index contributed by atoms with van der Waals surface area (Å²) in [5, 5.41) is 11.9. The first kappa shape index (κ1) is 14.7. The summed E-state index contributed by atoms with van der Waals surface area (Å²) in [5.74, 6) is -0.278. The summed E-state index contributed by atoms with van der Waals surface area (Å²) in [5.41, 5.74) is 5.07. The standard InChI is InChI=1S/C14H16FN3OS/c1-14(8-16,9-2-3-9)18-13(19)7-20-12-5-10(15)4-11(17)6-12/h4-6,9H,2-3,7,17H2,1H3,(H,18,19). The number of hydrogen-bond donors (Lipinski definition) is 2. The molecular weight excluding hydrogens is 277 g/mol. The Labute approximate surface area is 121 Å². The number of nitriles is 1. The molecule has 1 aliphatic rings. The number of hydrogen-bond acceptors (Lipinski definition) is 4. The molecular formula is C14H16FN3OS. The molecule has 106 valence electrons. The smallest absolute Gasteiger partial charge is 0.231 e. The van der Waals surface area contributed by atoms with Crippen molar-refractivity contribution >= 4 is 23.4 Å². The molecule has 2 rings (SSSR count). The van der Waals surface area contributed by atoms with Gasteiger partial charge in [-0.25, -0.2) is 4.39 Å². The van der Waals surface area contributed by atoms with Gasteiger partial charge in [-0.05, 0) is 43.9 Å². The van der Waals surface area contributed by atoms with Crippen molar-refractivity contribution in [1.82, 2.24) is 5.32 Å². The summed E-state index contributed by atoms with van der Waals surface area (Å²) in [6.45, 7) is 1.74. The molecule has 20 heavy (non-hydrogen) atoms. The van der Waals surface area contributed by atoms with Gasteiger partial charge in [0.05, 0.1) is 11.8 Å². The number of carbonyl (C=O) groups is 1. The number of rotatable bonds is 5. The molecule has 0 spiro atoms. The molecule has 0 heterocycles. The highest BCUT2D eigenvalue weighted by atomic mass is 32.2. The predicted molar refractivity (Wildman–Crippen MR) is 76.4 cm³/mol. The average Bonchev–Trinajstić information content (AvgIpc) is 3.19. The van der Waals surface area contributed by atoms with E-state index in [-0.39, 0.29) is 17.6 Å². The number of nitrogens with one attached hydrogen (secondary N) is 1. The highest BCUT2D eigenvalue weighted by Crippen LogP contribution is 2.39. The Morgan fingerprint density at radius 2 is 2.30 bits per heavy atom. The fourth-order valence-corrected chi connectivity index (χ4v) is 2.81. The second-order valence-corrected chi connectivity index (χ2v) is 6.19. The van der Waals surface area contributed by atoms with E-state index in [2.05, 4.69) is 11.4 Å². The van der Waals surface area contributed by atoms with Crippen LogP contribution in [0.4, 0.5) is 10.1 Å². The van der Waals surface area contributed by atoms with Gasteiger partial charge in [0.15, 0.2) is 0 Å². The zero-order valence-electron chi connectivity index (χ0n) is 11.1. The van der Waals surface area contributed by atoms with Crippen molar-refractivity contribution in [2.45, 2.75) is 30.2 Å². The number of nitrogens with zero attached hydrogens (tertiary/aromatic N) is 1. The molecule has 1 unspecified atom stereocenters. The maximum Gasteiger partial charge on any atom is 0.231 e. The third kappa shape index (κ3) is 3.64. The highest BCUT2D eigenvalue weighted by Gasteiger charge is 2.42. The first-order valence-electron chi connectivity index (χ1n) is 6.34. The first-order valence-corrected chi connectivity index (χ1v) is 7.32. The van der Waals surface area contributed by atoms with Crippen LogP contribution in [0.25, 0.3) is 0 Å². The van der Waals surface area contributed by atoms with Crippen LogP contribution < -0.4 is 11.1 Å². The minimum atomic E-state index is -0.793. The third-order valence-electron chi connectivity index (χ3n) is 3.29. The summed E-state index contributed by atoms with van der Waals surface area (Å²) < 4.78 is 13.2. The molecule has 0 aliphatic heterocycles. The molecule has 6 heteroatoms. The molecule has 0 saturated heterocycles. The van der Waals surface area contributed by atoms with Gasteiger partial charge in [-0.2, -0.15) is 5.26 Å². The van der Waals surface area contributed by atoms with E-state index >= 15 is 0 Å². The Morgan fingerprint density at radius 3 is 2.85 bits per heavy atom. The number of amides is 1. The van der Waals surface area contributed by atoms with Crippen molar-refractivity contribution in [3.8, 4) is 6.07 Å². The minimum Gasteiger partial charge on any atom is -0.399 e. The van der Waals surface area contributed by atoms with Gasteiger partial charge in [0.2, 0.25) is 5.91 Å². The molecule has 3 N–H and O–H groups in total. The molecule has 1 aromatic carbocycles. The van der Waals surface area contributed by atoms with Crippen LogP contribution in [0.5, 0.6) is 0 Å². The van der Waals surface area contributed by atoms with Gasteiger partial charge >= 0.3 is 0 Å². The van der Waals surface area contributed by atoms with Crippen LogP contribution in [0.1, 0.15) is 19.8 Å². The van der Waals surface area contributed by atoms with Crippen LogP contribution in [0.2, 0.25) is 0 Å². The monoisotopic (exact) mass is 293 g/mol. The van der Waals surface area contributed by atoms with Crippen LogP contribution in [-0.4, -0.2) is 17.2 Å². The molecule has 1 saturated carbocycles. The highest BCUT2D eigenvalue weighted by molar-refractivity contribution is 8.00. The zero-order chi connectivity index (χ0) is 14.8. The second kappa shape index (κ2) is 5.71. The Bertz CT molecular complexity index is 548. The van der Waals surface area contributed by atoms with Gasteiger partial charge < -0.3 is 11.1 Å². The van der Waals surface area contributed by atoms with Crippen LogP contribution in [0, 0.1) is 23.1 Å².